The summed E-state index contributed by atoms with van der Waals surface area (Å²) in [4.78, 5) is 25.5. The van der Waals surface area contributed by atoms with Crippen LogP contribution < -0.4 is 0 Å². The predicted octanol–water partition coefficient (Wildman–Crippen LogP) is 3.41. The predicted molar refractivity (Wildman–Crippen MR) is 80.0 cm³/mol. The topological polar surface area (TPSA) is 57.6 Å². The van der Waals surface area contributed by atoms with Gasteiger partial charge in [0, 0.05) is 22.6 Å². The van der Waals surface area contributed by atoms with E-state index in [1.54, 1.807) is 6.07 Å². The molecular weight excluding hydrogens is 322 g/mol. The molecular formula is C15H18BrNO3. The van der Waals surface area contributed by atoms with Crippen molar-refractivity contribution in [2.75, 3.05) is 6.54 Å². The Bertz CT molecular complexity index is 544. The first-order valence-electron chi connectivity index (χ1n) is 6.73. The van der Waals surface area contributed by atoms with Gasteiger partial charge in [0.25, 0.3) is 5.91 Å². The number of carbonyl (C=O) groups is 2. The first-order valence-corrected chi connectivity index (χ1v) is 7.52. The number of piperidine rings is 1. The minimum atomic E-state index is -1.03. The summed E-state index contributed by atoms with van der Waals surface area (Å²) in [5, 5.41) is 9.07. The number of hydrogen-bond acceptors (Lipinski definition) is 2. The maximum Gasteiger partial charge on any atom is 0.335 e. The average Bonchev–Trinajstić information content (AvgIpc) is 2.40. The molecule has 0 spiro atoms. The number of carboxylic acids is 1. The number of halogens is 1. The Labute approximate surface area is 126 Å². The van der Waals surface area contributed by atoms with Crippen LogP contribution in [0.3, 0.4) is 0 Å². The van der Waals surface area contributed by atoms with E-state index in [0.717, 1.165) is 19.4 Å². The average molecular weight is 340 g/mol. The molecule has 108 valence electrons. The first-order chi connectivity index (χ1) is 9.38. The van der Waals surface area contributed by atoms with Gasteiger partial charge in [-0.3, -0.25) is 4.79 Å². The SMILES string of the molecule is CC1CCC(C)N(C(=O)c2cc(Br)cc(C(=O)O)c2)C1. The molecule has 1 saturated heterocycles. The van der Waals surface area contributed by atoms with Gasteiger partial charge in [-0.05, 0) is 43.9 Å². The Morgan fingerprint density at radius 1 is 1.20 bits per heavy atom. The molecule has 1 amide bonds. The number of rotatable bonds is 2. The van der Waals surface area contributed by atoms with Crippen LogP contribution in [-0.4, -0.2) is 34.5 Å². The lowest BCUT2D eigenvalue weighted by molar-refractivity contribution is 0.0574. The van der Waals surface area contributed by atoms with Crippen LogP contribution >= 0.6 is 15.9 Å². The van der Waals surface area contributed by atoms with Gasteiger partial charge in [0.15, 0.2) is 0 Å². The van der Waals surface area contributed by atoms with E-state index in [4.69, 9.17) is 5.11 Å². The standard InChI is InChI=1S/C15H18BrNO3/c1-9-3-4-10(2)17(8-9)14(18)11-5-12(15(19)20)7-13(16)6-11/h5-7,9-10H,3-4,8H2,1-2H3,(H,19,20). The normalized spacial score (nSPS) is 22.6. The van der Waals surface area contributed by atoms with Crippen molar-refractivity contribution in [2.45, 2.75) is 32.7 Å². The van der Waals surface area contributed by atoms with Crippen LogP contribution in [0, 0.1) is 5.92 Å². The van der Waals surface area contributed by atoms with Crippen LogP contribution in [0.2, 0.25) is 0 Å². The summed E-state index contributed by atoms with van der Waals surface area (Å²) >= 11 is 3.27. The smallest absolute Gasteiger partial charge is 0.335 e. The largest absolute Gasteiger partial charge is 0.478 e. The van der Waals surface area contributed by atoms with Crippen molar-refractivity contribution >= 4 is 27.8 Å². The molecule has 1 aliphatic heterocycles. The van der Waals surface area contributed by atoms with Gasteiger partial charge in [-0.2, -0.15) is 0 Å². The lowest BCUT2D eigenvalue weighted by Gasteiger charge is -2.37. The summed E-state index contributed by atoms with van der Waals surface area (Å²) in [7, 11) is 0. The van der Waals surface area contributed by atoms with E-state index in [0.29, 0.717) is 16.0 Å². The molecule has 0 saturated carbocycles. The highest BCUT2D eigenvalue weighted by Gasteiger charge is 2.28. The van der Waals surface area contributed by atoms with Crippen LogP contribution in [0.4, 0.5) is 0 Å². The summed E-state index contributed by atoms with van der Waals surface area (Å²) in [5.74, 6) is -0.630. The molecule has 20 heavy (non-hydrogen) atoms. The van der Waals surface area contributed by atoms with E-state index in [9.17, 15) is 9.59 Å². The van der Waals surface area contributed by atoms with E-state index in [1.807, 2.05) is 11.8 Å². The highest BCUT2D eigenvalue weighted by atomic mass is 79.9. The zero-order valence-corrected chi connectivity index (χ0v) is 13.2. The maximum absolute atomic E-state index is 12.6. The zero-order valence-electron chi connectivity index (χ0n) is 11.6. The molecule has 0 aromatic heterocycles. The Hall–Kier alpha value is -1.36. The van der Waals surface area contributed by atoms with Crippen molar-refractivity contribution in [1.29, 1.82) is 0 Å². The van der Waals surface area contributed by atoms with Crippen molar-refractivity contribution in [3.05, 3.63) is 33.8 Å². The highest BCUT2D eigenvalue weighted by Crippen LogP contribution is 2.25. The third kappa shape index (κ3) is 3.20. The van der Waals surface area contributed by atoms with Gasteiger partial charge in [-0.1, -0.05) is 22.9 Å². The van der Waals surface area contributed by atoms with Gasteiger partial charge in [0.2, 0.25) is 0 Å². The van der Waals surface area contributed by atoms with Gasteiger partial charge < -0.3 is 10.0 Å². The molecule has 1 N–H and O–H groups in total. The quantitative estimate of drug-likeness (QED) is 0.898. The van der Waals surface area contributed by atoms with Crippen LogP contribution in [-0.2, 0) is 0 Å². The molecule has 5 heteroatoms. The van der Waals surface area contributed by atoms with Crippen molar-refractivity contribution in [3.8, 4) is 0 Å². The molecule has 0 aliphatic carbocycles. The minimum Gasteiger partial charge on any atom is -0.478 e. The number of hydrogen-bond donors (Lipinski definition) is 1. The third-order valence-corrected chi connectivity index (χ3v) is 4.23. The Balaban J connectivity index is 2.30. The first kappa shape index (κ1) is 15.0. The second-order valence-electron chi connectivity index (χ2n) is 5.52. The highest BCUT2D eigenvalue weighted by molar-refractivity contribution is 9.10. The van der Waals surface area contributed by atoms with Gasteiger partial charge in [0.1, 0.15) is 0 Å². The van der Waals surface area contributed by atoms with E-state index in [2.05, 4.69) is 22.9 Å². The summed E-state index contributed by atoms with van der Waals surface area (Å²) in [5.41, 5.74) is 0.554. The molecule has 1 fully saturated rings. The third-order valence-electron chi connectivity index (χ3n) is 3.77. The molecule has 2 atom stereocenters. The van der Waals surface area contributed by atoms with Crippen molar-refractivity contribution in [3.63, 3.8) is 0 Å². The fourth-order valence-corrected chi connectivity index (χ4v) is 3.07. The number of nitrogens with zero attached hydrogens (tertiary/aromatic N) is 1. The Morgan fingerprint density at radius 3 is 2.50 bits per heavy atom. The summed E-state index contributed by atoms with van der Waals surface area (Å²) in [6, 6.07) is 4.83. The van der Waals surface area contributed by atoms with Gasteiger partial charge in [-0.25, -0.2) is 4.79 Å². The molecule has 1 aliphatic rings. The van der Waals surface area contributed by atoms with E-state index in [-0.39, 0.29) is 17.5 Å². The number of likely N-dealkylation sites (tertiary alicyclic amines) is 1. The number of benzene rings is 1. The van der Waals surface area contributed by atoms with Gasteiger partial charge in [0.05, 0.1) is 5.56 Å². The van der Waals surface area contributed by atoms with E-state index < -0.39 is 5.97 Å². The molecule has 2 rings (SSSR count). The summed E-state index contributed by atoms with van der Waals surface area (Å²) in [6.45, 7) is 4.91. The number of carbonyl (C=O) groups excluding carboxylic acids is 1. The number of carboxylic acid groups (broad SMARTS) is 1. The molecule has 1 heterocycles. The van der Waals surface area contributed by atoms with Gasteiger partial charge in [-0.15, -0.1) is 0 Å². The minimum absolute atomic E-state index is 0.0900. The van der Waals surface area contributed by atoms with Crippen molar-refractivity contribution in [1.82, 2.24) is 4.90 Å². The molecule has 0 radical (unpaired) electrons. The maximum atomic E-state index is 12.6. The van der Waals surface area contributed by atoms with Crippen molar-refractivity contribution < 1.29 is 14.7 Å². The second-order valence-corrected chi connectivity index (χ2v) is 6.44. The van der Waals surface area contributed by atoms with E-state index in [1.165, 1.54) is 12.1 Å². The van der Waals surface area contributed by atoms with Crippen LogP contribution in [0.15, 0.2) is 22.7 Å². The monoisotopic (exact) mass is 339 g/mol. The molecule has 1 aromatic rings. The van der Waals surface area contributed by atoms with Crippen LogP contribution in [0.1, 0.15) is 47.4 Å². The van der Waals surface area contributed by atoms with Crippen LogP contribution in [0.5, 0.6) is 0 Å². The fourth-order valence-electron chi connectivity index (χ4n) is 2.57. The van der Waals surface area contributed by atoms with E-state index >= 15 is 0 Å². The van der Waals surface area contributed by atoms with Crippen LogP contribution in [0.25, 0.3) is 0 Å². The molecule has 0 bridgehead atoms. The van der Waals surface area contributed by atoms with Gasteiger partial charge >= 0.3 is 5.97 Å². The zero-order chi connectivity index (χ0) is 14.9. The molecule has 4 nitrogen and oxygen atoms in total. The molecule has 1 aromatic carbocycles. The number of amides is 1. The Kier molecular flexibility index (Phi) is 4.48. The second kappa shape index (κ2) is 5.95. The molecule has 2 unspecified atom stereocenters. The van der Waals surface area contributed by atoms with Crippen molar-refractivity contribution in [2.24, 2.45) is 5.92 Å². The number of aromatic carboxylic acids is 1. The Morgan fingerprint density at radius 2 is 1.85 bits per heavy atom. The summed E-state index contributed by atoms with van der Waals surface area (Å²) < 4.78 is 0.610. The fraction of sp³-hybridized carbons (Fsp3) is 0.467. The lowest BCUT2D eigenvalue weighted by atomic mass is 9.94. The summed E-state index contributed by atoms with van der Waals surface area (Å²) in [6.07, 6.45) is 2.12. The lowest BCUT2D eigenvalue weighted by Crippen LogP contribution is -2.45.